The van der Waals surface area contributed by atoms with Crippen molar-refractivity contribution in [2.45, 2.75) is 6.42 Å². The van der Waals surface area contributed by atoms with Gasteiger partial charge in [-0.05, 0) is 18.2 Å². The smallest absolute Gasteiger partial charge is 0.153 e. The summed E-state index contributed by atoms with van der Waals surface area (Å²) >= 11 is 3.31. The van der Waals surface area contributed by atoms with Gasteiger partial charge in [-0.3, -0.25) is 4.79 Å². The van der Waals surface area contributed by atoms with Gasteiger partial charge in [0.2, 0.25) is 0 Å². The molecular formula is C13H17BrO4. The van der Waals surface area contributed by atoms with Gasteiger partial charge in [-0.15, -0.1) is 0 Å². The zero-order chi connectivity index (χ0) is 13.2. The van der Waals surface area contributed by atoms with Gasteiger partial charge in [0.15, 0.2) is 6.29 Å². The largest absolute Gasteiger partial charge is 0.493 e. The summed E-state index contributed by atoms with van der Waals surface area (Å²) in [5.74, 6) is 0.602. The Morgan fingerprint density at radius 2 is 2.06 bits per heavy atom. The van der Waals surface area contributed by atoms with E-state index in [1.165, 1.54) is 0 Å². The number of rotatable bonds is 9. The number of carbonyl (C=O) groups is 1. The van der Waals surface area contributed by atoms with Crippen molar-refractivity contribution in [1.82, 2.24) is 0 Å². The van der Waals surface area contributed by atoms with Crippen molar-refractivity contribution in [3.8, 4) is 5.75 Å². The molecule has 4 nitrogen and oxygen atoms in total. The normalized spacial score (nSPS) is 10.3. The summed E-state index contributed by atoms with van der Waals surface area (Å²) in [4.78, 5) is 10.8. The molecule has 0 bridgehead atoms. The number of hydrogen-bond acceptors (Lipinski definition) is 4. The van der Waals surface area contributed by atoms with Crippen molar-refractivity contribution in [3.63, 3.8) is 0 Å². The van der Waals surface area contributed by atoms with Crippen molar-refractivity contribution < 1.29 is 19.0 Å². The van der Waals surface area contributed by atoms with Crippen LogP contribution in [-0.2, 0) is 9.47 Å². The highest BCUT2D eigenvalue weighted by atomic mass is 79.9. The molecule has 5 heteroatoms. The molecule has 0 fully saturated rings. The lowest BCUT2D eigenvalue weighted by molar-refractivity contribution is 0.0644. The molecule has 0 unspecified atom stereocenters. The van der Waals surface area contributed by atoms with Crippen LogP contribution in [0.2, 0.25) is 0 Å². The highest BCUT2D eigenvalue weighted by Gasteiger charge is 2.03. The second-order valence-corrected chi connectivity index (χ2v) is 4.52. The molecule has 1 aromatic carbocycles. The lowest BCUT2D eigenvalue weighted by atomic mass is 10.2. The molecule has 0 aliphatic carbocycles. The van der Waals surface area contributed by atoms with Crippen LogP contribution in [0, 0.1) is 0 Å². The number of hydrogen-bond donors (Lipinski definition) is 0. The first kappa shape index (κ1) is 15.1. The van der Waals surface area contributed by atoms with E-state index in [2.05, 4.69) is 15.9 Å². The Morgan fingerprint density at radius 3 is 2.78 bits per heavy atom. The van der Waals surface area contributed by atoms with E-state index in [-0.39, 0.29) is 0 Å². The molecule has 0 saturated heterocycles. The van der Waals surface area contributed by atoms with Crippen molar-refractivity contribution in [1.29, 1.82) is 0 Å². The molecule has 0 radical (unpaired) electrons. The fraction of sp³-hybridized carbons (Fsp3) is 0.462. The van der Waals surface area contributed by atoms with Crippen LogP contribution in [-0.4, -0.2) is 39.8 Å². The van der Waals surface area contributed by atoms with Gasteiger partial charge in [-0.1, -0.05) is 15.9 Å². The van der Waals surface area contributed by atoms with Gasteiger partial charge in [0.1, 0.15) is 5.75 Å². The van der Waals surface area contributed by atoms with Gasteiger partial charge in [0.25, 0.3) is 0 Å². The van der Waals surface area contributed by atoms with Crippen molar-refractivity contribution in [2.75, 3.05) is 33.5 Å². The van der Waals surface area contributed by atoms with Crippen molar-refractivity contribution in [2.24, 2.45) is 0 Å². The summed E-state index contributed by atoms with van der Waals surface area (Å²) in [5.41, 5.74) is 0.546. The first-order valence-electron chi connectivity index (χ1n) is 5.72. The minimum atomic E-state index is 0.523. The molecule has 0 atom stereocenters. The predicted octanol–water partition coefficient (Wildman–Crippen LogP) is 2.69. The van der Waals surface area contributed by atoms with Gasteiger partial charge in [0.05, 0.1) is 25.4 Å². The molecule has 0 saturated carbocycles. The number of methoxy groups -OCH3 is 1. The van der Waals surface area contributed by atoms with Gasteiger partial charge in [-0.25, -0.2) is 0 Å². The number of carbonyl (C=O) groups excluding carboxylic acids is 1. The summed E-state index contributed by atoms with van der Waals surface area (Å²) < 4.78 is 16.6. The van der Waals surface area contributed by atoms with E-state index in [0.29, 0.717) is 37.7 Å². The van der Waals surface area contributed by atoms with Crippen LogP contribution < -0.4 is 4.74 Å². The molecule has 1 rings (SSSR count). The molecule has 0 aromatic heterocycles. The van der Waals surface area contributed by atoms with Crippen LogP contribution in [0.4, 0.5) is 0 Å². The minimum Gasteiger partial charge on any atom is -0.493 e. The lowest BCUT2D eigenvalue weighted by Gasteiger charge is -2.09. The van der Waals surface area contributed by atoms with E-state index in [1.54, 1.807) is 19.2 Å². The molecule has 18 heavy (non-hydrogen) atoms. The SMILES string of the molecule is COCCOCCCOc1ccc(Br)cc1C=O. The summed E-state index contributed by atoms with van der Waals surface area (Å²) in [6, 6.07) is 5.36. The van der Waals surface area contributed by atoms with Crippen LogP contribution in [0.25, 0.3) is 0 Å². The molecule has 0 aliphatic rings. The zero-order valence-corrected chi connectivity index (χ0v) is 11.9. The Hall–Kier alpha value is -0.910. The Labute approximate surface area is 115 Å². The van der Waals surface area contributed by atoms with Crippen LogP contribution in [0.15, 0.2) is 22.7 Å². The molecule has 1 aromatic rings. The van der Waals surface area contributed by atoms with Crippen LogP contribution >= 0.6 is 15.9 Å². The second-order valence-electron chi connectivity index (χ2n) is 3.61. The van der Waals surface area contributed by atoms with Crippen molar-refractivity contribution in [3.05, 3.63) is 28.2 Å². The van der Waals surface area contributed by atoms with E-state index in [0.717, 1.165) is 17.2 Å². The van der Waals surface area contributed by atoms with Gasteiger partial charge < -0.3 is 14.2 Å². The zero-order valence-electron chi connectivity index (χ0n) is 10.4. The molecule has 0 heterocycles. The Bertz CT molecular complexity index is 368. The summed E-state index contributed by atoms with van der Waals surface area (Å²) in [6.45, 7) is 2.34. The standard InChI is InChI=1S/C13H17BrO4/c1-16-7-8-17-5-2-6-18-13-4-3-12(14)9-11(13)10-15/h3-4,9-10H,2,5-8H2,1H3. The third-order valence-corrected chi connectivity index (χ3v) is 2.71. The van der Waals surface area contributed by atoms with Crippen LogP contribution in [0.3, 0.4) is 0 Å². The first-order chi connectivity index (χ1) is 8.77. The van der Waals surface area contributed by atoms with Gasteiger partial charge >= 0.3 is 0 Å². The third-order valence-electron chi connectivity index (χ3n) is 2.22. The van der Waals surface area contributed by atoms with E-state index >= 15 is 0 Å². The fourth-order valence-corrected chi connectivity index (χ4v) is 1.71. The molecular weight excluding hydrogens is 300 g/mol. The first-order valence-corrected chi connectivity index (χ1v) is 6.51. The fourth-order valence-electron chi connectivity index (χ4n) is 1.33. The molecule has 0 aliphatic heterocycles. The highest BCUT2D eigenvalue weighted by Crippen LogP contribution is 2.21. The summed E-state index contributed by atoms with van der Waals surface area (Å²) in [5, 5.41) is 0. The number of halogens is 1. The topological polar surface area (TPSA) is 44.8 Å². The van der Waals surface area contributed by atoms with Crippen LogP contribution in [0.1, 0.15) is 16.8 Å². The molecule has 100 valence electrons. The highest BCUT2D eigenvalue weighted by molar-refractivity contribution is 9.10. The van der Waals surface area contributed by atoms with E-state index < -0.39 is 0 Å². The average molecular weight is 317 g/mol. The van der Waals surface area contributed by atoms with E-state index in [9.17, 15) is 4.79 Å². The number of aldehydes is 1. The maximum atomic E-state index is 10.8. The van der Waals surface area contributed by atoms with Gasteiger partial charge in [0, 0.05) is 24.6 Å². The third kappa shape index (κ3) is 5.62. The van der Waals surface area contributed by atoms with Crippen molar-refractivity contribution >= 4 is 22.2 Å². The maximum absolute atomic E-state index is 10.8. The molecule has 0 N–H and O–H groups in total. The lowest BCUT2D eigenvalue weighted by Crippen LogP contribution is -2.07. The Morgan fingerprint density at radius 1 is 1.22 bits per heavy atom. The predicted molar refractivity (Wildman–Crippen MR) is 72.3 cm³/mol. The van der Waals surface area contributed by atoms with Crippen LogP contribution in [0.5, 0.6) is 5.75 Å². The maximum Gasteiger partial charge on any atom is 0.153 e. The Balaban J connectivity index is 2.25. The minimum absolute atomic E-state index is 0.523. The average Bonchev–Trinajstić information content (AvgIpc) is 2.39. The second kappa shape index (κ2) is 9.08. The Kier molecular flexibility index (Phi) is 7.64. The van der Waals surface area contributed by atoms with E-state index in [4.69, 9.17) is 14.2 Å². The number of ether oxygens (including phenoxy) is 3. The monoisotopic (exact) mass is 316 g/mol. The summed E-state index contributed by atoms with van der Waals surface area (Å²) in [7, 11) is 1.64. The number of benzene rings is 1. The molecule has 0 amide bonds. The quantitative estimate of drug-likeness (QED) is 0.519. The molecule has 0 spiro atoms. The van der Waals surface area contributed by atoms with E-state index in [1.807, 2.05) is 6.07 Å². The summed E-state index contributed by atoms with van der Waals surface area (Å²) in [6.07, 6.45) is 1.56. The van der Waals surface area contributed by atoms with Gasteiger partial charge in [-0.2, -0.15) is 0 Å².